The highest BCUT2D eigenvalue weighted by atomic mass is 35.5. The molecule has 24 heavy (non-hydrogen) atoms. The molecule has 4 nitrogen and oxygen atoms in total. The molecule has 2 saturated heterocycles. The summed E-state index contributed by atoms with van der Waals surface area (Å²) in [4.78, 5) is 14.6. The highest BCUT2D eigenvalue weighted by Gasteiger charge is 2.46. The summed E-state index contributed by atoms with van der Waals surface area (Å²) in [5.41, 5.74) is 1.81. The molecule has 2 aliphatic rings. The zero-order valence-electron chi connectivity index (χ0n) is 13.2. The van der Waals surface area contributed by atoms with Gasteiger partial charge < -0.3 is 14.1 Å². The van der Waals surface area contributed by atoms with Gasteiger partial charge in [0.05, 0.1) is 12.8 Å². The summed E-state index contributed by atoms with van der Waals surface area (Å²) < 4.78 is 11.0. The number of benzene rings is 1. The van der Waals surface area contributed by atoms with Crippen LogP contribution >= 0.6 is 11.6 Å². The Morgan fingerprint density at radius 1 is 1.33 bits per heavy atom. The molecule has 3 heterocycles. The van der Waals surface area contributed by atoms with Gasteiger partial charge in [0, 0.05) is 23.7 Å². The zero-order chi connectivity index (χ0) is 16.6. The molecule has 0 saturated carbocycles. The molecule has 1 aromatic heterocycles. The Labute approximate surface area is 145 Å². The molecule has 2 aromatic rings. The van der Waals surface area contributed by atoms with Crippen LogP contribution in [0.3, 0.4) is 0 Å². The topological polar surface area (TPSA) is 42.7 Å². The predicted octanol–water partition coefficient (Wildman–Crippen LogP) is 4.37. The number of hydrogen-bond acceptors (Lipinski definition) is 4. The van der Waals surface area contributed by atoms with Crippen molar-refractivity contribution in [2.75, 3.05) is 13.1 Å². The molecule has 2 bridgehead atoms. The maximum atomic E-state index is 12.3. The smallest absolute Gasteiger partial charge is 0.374 e. The molecule has 0 spiro atoms. The van der Waals surface area contributed by atoms with Crippen LogP contribution < -0.4 is 0 Å². The highest BCUT2D eigenvalue weighted by Crippen LogP contribution is 2.42. The fourth-order valence-corrected chi connectivity index (χ4v) is 3.82. The molecule has 4 rings (SSSR count). The van der Waals surface area contributed by atoms with Crippen LogP contribution in [-0.4, -0.2) is 29.6 Å². The maximum absolute atomic E-state index is 12.3. The highest BCUT2D eigenvalue weighted by molar-refractivity contribution is 6.30. The van der Waals surface area contributed by atoms with Gasteiger partial charge in [0.2, 0.25) is 5.76 Å². The molecule has 0 N–H and O–H groups in total. The van der Waals surface area contributed by atoms with E-state index in [0.717, 1.165) is 42.9 Å². The minimum Gasteiger partial charge on any atom is -0.457 e. The molecule has 0 radical (unpaired) electrons. The number of ether oxygens (including phenoxy) is 1. The number of halogens is 1. The van der Waals surface area contributed by atoms with Crippen molar-refractivity contribution in [3.05, 3.63) is 64.7 Å². The number of furan rings is 1. The van der Waals surface area contributed by atoms with E-state index < -0.39 is 5.60 Å². The molecule has 2 fully saturated rings. The zero-order valence-corrected chi connectivity index (χ0v) is 14.0. The molecule has 5 heteroatoms. The lowest BCUT2D eigenvalue weighted by atomic mass is 9.94. The van der Waals surface area contributed by atoms with E-state index in [0.29, 0.717) is 0 Å². The van der Waals surface area contributed by atoms with E-state index in [1.165, 1.54) is 12.0 Å². The van der Waals surface area contributed by atoms with Crippen LogP contribution in [0.15, 0.2) is 52.8 Å². The van der Waals surface area contributed by atoms with Crippen LogP contribution in [-0.2, 0) is 4.74 Å². The van der Waals surface area contributed by atoms with Crippen LogP contribution in [0, 0.1) is 0 Å². The van der Waals surface area contributed by atoms with Crippen LogP contribution in [0.1, 0.15) is 35.4 Å². The Morgan fingerprint density at radius 3 is 3.04 bits per heavy atom. The van der Waals surface area contributed by atoms with Crippen molar-refractivity contribution in [2.24, 2.45) is 0 Å². The van der Waals surface area contributed by atoms with Crippen molar-refractivity contribution in [3.8, 4) is 0 Å². The van der Waals surface area contributed by atoms with E-state index in [2.05, 4.69) is 11.0 Å². The van der Waals surface area contributed by atoms with Crippen LogP contribution in [0.4, 0.5) is 0 Å². The third kappa shape index (κ3) is 2.94. The second-order valence-corrected chi connectivity index (χ2v) is 6.88. The first-order chi connectivity index (χ1) is 11.6. The Morgan fingerprint density at radius 2 is 2.25 bits per heavy atom. The first-order valence-electron chi connectivity index (χ1n) is 8.12. The predicted molar refractivity (Wildman–Crippen MR) is 91.7 cm³/mol. The molecule has 1 atom stereocenters. The number of piperidine rings is 1. The Kier molecular flexibility index (Phi) is 3.85. The second kappa shape index (κ2) is 6.02. The van der Waals surface area contributed by atoms with E-state index >= 15 is 0 Å². The average molecular weight is 344 g/mol. The monoisotopic (exact) mass is 343 g/mol. The van der Waals surface area contributed by atoms with E-state index in [4.69, 9.17) is 20.8 Å². The van der Waals surface area contributed by atoms with Gasteiger partial charge in [0.1, 0.15) is 5.60 Å². The normalized spacial score (nSPS) is 24.4. The summed E-state index contributed by atoms with van der Waals surface area (Å²) in [5.74, 6) is -0.125. The van der Waals surface area contributed by atoms with Crippen molar-refractivity contribution in [2.45, 2.75) is 24.9 Å². The Bertz CT molecular complexity index is 784. The molecule has 1 aromatic carbocycles. The van der Waals surface area contributed by atoms with E-state index in [-0.39, 0.29) is 11.7 Å². The second-order valence-electron chi connectivity index (χ2n) is 6.44. The van der Waals surface area contributed by atoms with Gasteiger partial charge in [-0.25, -0.2) is 4.79 Å². The lowest BCUT2D eigenvalue weighted by Gasteiger charge is -2.33. The Hall–Kier alpha value is -2.20. The van der Waals surface area contributed by atoms with E-state index in [1.807, 2.05) is 24.3 Å². The van der Waals surface area contributed by atoms with Gasteiger partial charge in [0.25, 0.3) is 0 Å². The number of esters is 1. The SMILES string of the molecule is O=C(OC12CCCN(C1)/C(=C/c1cccc(Cl)c1)C2)c1ccco1. The third-order valence-corrected chi connectivity index (χ3v) is 4.90. The number of fused-ring (bicyclic) bond motifs is 2. The molecule has 0 amide bonds. The van der Waals surface area contributed by atoms with Crippen molar-refractivity contribution in [1.29, 1.82) is 0 Å². The van der Waals surface area contributed by atoms with Gasteiger partial charge in [-0.2, -0.15) is 0 Å². The number of rotatable bonds is 3. The fourth-order valence-electron chi connectivity index (χ4n) is 3.62. The first-order valence-corrected chi connectivity index (χ1v) is 8.49. The minimum atomic E-state index is -0.452. The van der Waals surface area contributed by atoms with Crippen molar-refractivity contribution >= 4 is 23.6 Å². The summed E-state index contributed by atoms with van der Waals surface area (Å²) >= 11 is 6.07. The molecule has 124 valence electrons. The quantitative estimate of drug-likeness (QED) is 0.776. The summed E-state index contributed by atoms with van der Waals surface area (Å²) in [7, 11) is 0. The third-order valence-electron chi connectivity index (χ3n) is 4.66. The number of carbonyl (C=O) groups excluding carboxylic acids is 1. The summed E-state index contributed by atoms with van der Waals surface area (Å²) in [6, 6.07) is 11.1. The van der Waals surface area contributed by atoms with Crippen LogP contribution in [0.2, 0.25) is 5.02 Å². The lowest BCUT2D eigenvalue weighted by molar-refractivity contribution is -0.0296. The average Bonchev–Trinajstić information content (AvgIpc) is 3.15. The largest absolute Gasteiger partial charge is 0.457 e. The standard InChI is InChI=1S/C19H18ClNO3/c20-15-5-1-4-14(10-15)11-16-12-19(7-3-8-21(16)13-19)24-18(22)17-6-2-9-23-17/h1-2,4-6,9-11H,3,7-8,12-13H2/b16-11+. The van der Waals surface area contributed by atoms with Crippen molar-refractivity contribution in [1.82, 2.24) is 4.90 Å². The maximum Gasteiger partial charge on any atom is 0.374 e. The number of hydrogen-bond donors (Lipinski definition) is 0. The van der Waals surface area contributed by atoms with Gasteiger partial charge >= 0.3 is 5.97 Å². The van der Waals surface area contributed by atoms with Crippen LogP contribution in [0.25, 0.3) is 6.08 Å². The fraction of sp³-hybridized carbons (Fsp3) is 0.316. The van der Waals surface area contributed by atoms with Crippen molar-refractivity contribution < 1.29 is 13.9 Å². The molecule has 0 aliphatic carbocycles. The number of nitrogens with zero attached hydrogens (tertiary/aromatic N) is 1. The van der Waals surface area contributed by atoms with Gasteiger partial charge in [0.15, 0.2) is 0 Å². The van der Waals surface area contributed by atoms with Gasteiger partial charge in [-0.05, 0) is 48.7 Å². The Balaban J connectivity index is 1.57. The minimum absolute atomic E-state index is 0.258. The number of carbonyl (C=O) groups is 1. The van der Waals surface area contributed by atoms with Gasteiger partial charge in [-0.3, -0.25) is 0 Å². The van der Waals surface area contributed by atoms with Crippen molar-refractivity contribution in [3.63, 3.8) is 0 Å². The molecule has 2 aliphatic heterocycles. The molecular formula is C19H18ClNO3. The summed E-state index contributed by atoms with van der Waals surface area (Å²) in [6.45, 7) is 1.73. The van der Waals surface area contributed by atoms with E-state index in [1.54, 1.807) is 12.1 Å². The van der Waals surface area contributed by atoms with Gasteiger partial charge in [-0.1, -0.05) is 23.7 Å². The van der Waals surface area contributed by atoms with Gasteiger partial charge in [-0.15, -0.1) is 0 Å². The molecule has 1 unspecified atom stereocenters. The molecular weight excluding hydrogens is 326 g/mol. The first kappa shape index (κ1) is 15.3. The van der Waals surface area contributed by atoms with Crippen LogP contribution in [0.5, 0.6) is 0 Å². The summed E-state index contributed by atoms with van der Waals surface area (Å²) in [6.07, 6.45) is 6.24. The van der Waals surface area contributed by atoms with E-state index in [9.17, 15) is 4.79 Å². The lowest BCUT2D eigenvalue weighted by Crippen LogP contribution is -2.42. The summed E-state index contributed by atoms with van der Waals surface area (Å²) in [5, 5.41) is 0.722.